The fraction of sp³-hybridized carbons (Fsp3) is 0.216. The van der Waals surface area contributed by atoms with Gasteiger partial charge in [-0.15, -0.1) is 22.7 Å². The number of pyridine rings is 2. The van der Waals surface area contributed by atoms with Crippen LogP contribution in [-0.4, -0.2) is 88.2 Å². The number of azo groups is 1. The molecule has 592 valence electrons. The highest BCUT2D eigenvalue weighted by atomic mass is 32.1. The van der Waals surface area contributed by atoms with Crippen molar-refractivity contribution in [3.05, 3.63) is 343 Å². The van der Waals surface area contributed by atoms with Crippen molar-refractivity contribution in [2.75, 3.05) is 0 Å². The first-order valence-corrected chi connectivity index (χ1v) is 40.8. The molecular formula is C97H97N19S2. The second-order valence-corrected chi connectivity index (χ2v) is 31.7. The summed E-state index contributed by atoms with van der Waals surface area (Å²) >= 11 is 3.49. The van der Waals surface area contributed by atoms with Crippen molar-refractivity contribution in [2.24, 2.45) is 32.3 Å². The van der Waals surface area contributed by atoms with Gasteiger partial charge in [0.1, 0.15) is 31.6 Å². The topological polar surface area (TPSA) is 234 Å². The third kappa shape index (κ3) is 22.6. The molecule has 21 heteroatoms. The van der Waals surface area contributed by atoms with Crippen molar-refractivity contribution in [1.29, 1.82) is 0 Å². The minimum Gasteiger partial charge on any atom is -0.288 e. The van der Waals surface area contributed by atoms with Gasteiger partial charge < -0.3 is 0 Å². The van der Waals surface area contributed by atoms with Crippen molar-refractivity contribution in [2.45, 2.75) is 135 Å². The van der Waals surface area contributed by atoms with E-state index in [0.29, 0.717) is 0 Å². The van der Waals surface area contributed by atoms with E-state index in [-0.39, 0.29) is 5.41 Å². The molecule has 0 spiro atoms. The lowest BCUT2D eigenvalue weighted by Gasteiger charge is -2.14. The second kappa shape index (κ2) is 40.4. The van der Waals surface area contributed by atoms with Gasteiger partial charge in [0, 0.05) is 93.8 Å². The van der Waals surface area contributed by atoms with Gasteiger partial charge in [0.2, 0.25) is 0 Å². The number of thiophene rings is 2. The zero-order valence-electron chi connectivity index (χ0n) is 69.6. The van der Waals surface area contributed by atoms with Crippen LogP contribution in [0.15, 0.2) is 257 Å². The summed E-state index contributed by atoms with van der Waals surface area (Å²) in [7, 11) is 1.87. The number of aliphatic imine (C=N–C) groups is 3. The van der Waals surface area contributed by atoms with Crippen LogP contribution in [0.3, 0.4) is 0 Å². The van der Waals surface area contributed by atoms with Crippen LogP contribution in [0.2, 0.25) is 0 Å². The zero-order valence-corrected chi connectivity index (χ0v) is 71.2. The molecule has 0 bridgehead atoms. The summed E-state index contributed by atoms with van der Waals surface area (Å²) in [6.07, 6.45) is 25.7. The van der Waals surface area contributed by atoms with E-state index in [4.69, 9.17) is 0 Å². The third-order valence-electron chi connectivity index (χ3n) is 19.7. The minimum atomic E-state index is 0.206. The van der Waals surface area contributed by atoms with Crippen LogP contribution in [0.4, 0.5) is 11.4 Å². The Bertz CT molecular complexity index is 6140. The molecule has 0 amide bonds. The van der Waals surface area contributed by atoms with Crippen molar-refractivity contribution in [3.63, 3.8) is 0 Å². The summed E-state index contributed by atoms with van der Waals surface area (Å²) in [5.41, 5.74) is 30.5. The fourth-order valence-electron chi connectivity index (χ4n) is 12.9. The Labute approximate surface area is 698 Å². The summed E-state index contributed by atoms with van der Waals surface area (Å²) in [4.78, 5) is 63.5. The first kappa shape index (κ1) is 84.2. The summed E-state index contributed by atoms with van der Waals surface area (Å²) in [6, 6.07) is 58.4. The van der Waals surface area contributed by atoms with E-state index in [1.807, 2.05) is 158 Å². The second-order valence-electron chi connectivity index (χ2n) is 29.8. The quantitative estimate of drug-likeness (QED) is 0.138. The van der Waals surface area contributed by atoms with Crippen LogP contribution in [0.25, 0.3) is 70.1 Å². The van der Waals surface area contributed by atoms with Gasteiger partial charge in [0.25, 0.3) is 0 Å². The highest BCUT2D eigenvalue weighted by Crippen LogP contribution is 2.35. The van der Waals surface area contributed by atoms with Gasteiger partial charge in [0.15, 0.2) is 5.65 Å². The van der Waals surface area contributed by atoms with E-state index in [1.165, 1.54) is 91.6 Å². The van der Waals surface area contributed by atoms with Gasteiger partial charge >= 0.3 is 0 Å². The van der Waals surface area contributed by atoms with Gasteiger partial charge in [-0.2, -0.15) is 15.3 Å². The molecule has 0 saturated carbocycles. The molecule has 0 atom stereocenters. The molecule has 22 rings (SSSR count). The maximum absolute atomic E-state index is 4.28. The molecular weight excluding hydrogens is 1500 g/mol. The van der Waals surface area contributed by atoms with E-state index in [9.17, 15) is 0 Å². The lowest BCUT2D eigenvalue weighted by molar-refractivity contribution is 0.604. The van der Waals surface area contributed by atoms with Crippen molar-refractivity contribution in [1.82, 2.24) is 69.6 Å². The summed E-state index contributed by atoms with van der Waals surface area (Å²) in [5, 5.41) is 19.9. The molecule has 0 unspecified atom stereocenters. The van der Waals surface area contributed by atoms with Gasteiger partial charge in [-0.3, -0.25) is 29.6 Å². The zero-order chi connectivity index (χ0) is 83.1. The number of nitrogens with zero attached hydrogens (tertiary/aromatic N) is 19. The van der Waals surface area contributed by atoms with Crippen LogP contribution in [0, 0.1) is 76.2 Å². The first-order chi connectivity index (χ1) is 57.1. The van der Waals surface area contributed by atoms with E-state index in [1.54, 1.807) is 65.2 Å². The van der Waals surface area contributed by atoms with Crippen LogP contribution in [-0.2, 0) is 44.9 Å². The lowest BCUT2D eigenvalue weighted by atomic mass is 9.95. The molecule has 0 saturated heterocycles. The number of fused-ring (bicyclic) bond motifs is 11. The number of benzene rings is 7. The Morgan fingerprint density at radius 1 is 0.407 bits per heavy atom. The molecule has 19 nitrogen and oxygen atoms in total. The Morgan fingerprint density at radius 3 is 1.71 bits per heavy atom. The van der Waals surface area contributed by atoms with Crippen LogP contribution >= 0.6 is 22.7 Å². The van der Waals surface area contributed by atoms with E-state index in [0.717, 1.165) is 128 Å². The lowest BCUT2D eigenvalue weighted by Crippen LogP contribution is -2.07. The Kier molecular flexibility index (Phi) is 28.8. The third-order valence-corrected chi connectivity index (χ3v) is 22.3. The largest absolute Gasteiger partial charge is 0.288 e. The summed E-state index contributed by atoms with van der Waals surface area (Å²) in [6.45, 7) is 31.5. The predicted molar refractivity (Wildman–Crippen MR) is 488 cm³/mol. The molecule has 14 heterocycles. The molecule has 5 aliphatic rings. The maximum Gasteiger partial charge on any atom is 0.161 e. The van der Waals surface area contributed by atoms with Crippen LogP contribution < -0.4 is 0 Å². The van der Waals surface area contributed by atoms with Gasteiger partial charge in [-0.25, -0.2) is 49.8 Å². The molecule has 0 N–H and O–H groups in total. The molecule has 118 heavy (non-hydrogen) atoms. The monoisotopic (exact) mass is 1590 g/mol. The van der Waals surface area contributed by atoms with Crippen LogP contribution in [0.5, 0.6) is 0 Å². The van der Waals surface area contributed by atoms with Gasteiger partial charge in [0.05, 0.1) is 96.8 Å². The molecule has 1 aliphatic carbocycles. The SMILES string of the molecule is Cc1ccc2c(c1)C=NC2.Cc1ccc2c(c1)CC=C2.Cc1ccc2c(c1)N=CC2.Cc1ccc2c(c1)N=NC2.Cc1ccnc2ccccc12.Cc1nccc2ccccc12.Cc1ncnc2c1C=NC2.Cc1ncnc2c1cnn2C.Cc1ncnc2cc(C(C)(C)C)sc12.Cc1ncnc2ccccc12.Cc1ncnc2ccsc12. The Hall–Kier alpha value is -13.2. The molecule has 0 fully saturated rings. The summed E-state index contributed by atoms with van der Waals surface area (Å²) in [5.74, 6) is 0. The van der Waals surface area contributed by atoms with E-state index < -0.39 is 0 Å². The van der Waals surface area contributed by atoms with E-state index >= 15 is 0 Å². The first-order valence-electron chi connectivity index (χ1n) is 39.1. The number of hydrogen-bond acceptors (Lipinski definition) is 20. The van der Waals surface area contributed by atoms with Crippen LogP contribution in [0.1, 0.15) is 132 Å². The molecule has 4 aliphatic heterocycles. The number of para-hydroxylation sites is 2. The number of hydrogen-bond donors (Lipinski definition) is 0. The number of aromatic nitrogens is 14. The molecule has 10 aromatic heterocycles. The minimum absolute atomic E-state index is 0.206. The highest BCUT2D eigenvalue weighted by molar-refractivity contribution is 7.19. The Balaban J connectivity index is 0.000000119. The number of aryl methyl sites for hydroxylation is 12. The standard InChI is InChI=1S/C11H14N2S.2C10H9N.C10H10.C9H8N2.2C9H9N.C8H8N2.C7H8N4.C7H7N3.C7H6N2S/c1-7-10-8(13-6-12-7)5-9(14-10)11(2,3)4;1-8-10-5-3-2-4-9(10)6-7-11-8;1-8-6-7-11-10-5-3-2-4-9(8)10;1-8-5-6-9-3-2-4-10(9)7-8;1-7-8-4-2-3-5-9(8)11-6-10-7;1-7-2-3-8-5-10-6-9(8)4-7;1-7-2-3-8-4-5-10-9(8)6-7;1-6-2-3-7-5-9-10-8(7)4-6;1-5-6-3-10-11(2)7(6)9-4-8-5;1-5-6-2-8-3-7(6)10-4-9-5;1-5-7-6(2-3-10-7)9-4-8-5/h5-6H,1-4H3;2*2-7H,1H3;2-3,5-7H,4H2,1H3;2-6H,1H3;2-4,6H,5H2,1H3;2-3,5-6H,4H2,1H3;2-4H,5H2,1H3;3-4H,1-2H3;2,4H,3H2,1H3;2-4H,1H3. The number of rotatable bonds is 0. The Morgan fingerprint density at radius 2 is 1.00 bits per heavy atom. The smallest absolute Gasteiger partial charge is 0.161 e. The summed E-state index contributed by atoms with van der Waals surface area (Å²) < 4.78 is 4.16. The van der Waals surface area contributed by atoms with Gasteiger partial charge in [-0.1, -0.05) is 165 Å². The normalized spacial score (nSPS) is 12.0. The average molecular weight is 1590 g/mol. The van der Waals surface area contributed by atoms with Crippen molar-refractivity contribution < 1.29 is 0 Å². The van der Waals surface area contributed by atoms with Crippen molar-refractivity contribution >= 4 is 123 Å². The molecule has 17 aromatic rings. The van der Waals surface area contributed by atoms with Crippen molar-refractivity contribution in [3.8, 4) is 0 Å². The van der Waals surface area contributed by atoms with Gasteiger partial charge in [-0.05, 0) is 192 Å². The molecule has 0 radical (unpaired) electrons. The predicted octanol–water partition coefficient (Wildman–Crippen LogP) is 23.0. The average Bonchev–Trinajstić information content (AvgIpc) is 1.66. The maximum atomic E-state index is 4.28. The van der Waals surface area contributed by atoms with E-state index in [2.05, 4.69) is 255 Å². The number of allylic oxidation sites excluding steroid dienone is 1. The molecule has 7 aromatic carbocycles. The highest BCUT2D eigenvalue weighted by Gasteiger charge is 2.19. The fourth-order valence-corrected chi connectivity index (χ4v) is 14.8.